The minimum absolute atomic E-state index is 0.219. The first kappa shape index (κ1) is 21.6. The van der Waals surface area contributed by atoms with Gasteiger partial charge in [0.15, 0.2) is 11.8 Å². The molecule has 0 aliphatic carbocycles. The number of benzene rings is 1. The molecule has 0 saturated carbocycles. The van der Waals surface area contributed by atoms with Crippen LogP contribution in [0.4, 0.5) is 13.2 Å². The van der Waals surface area contributed by atoms with Crippen molar-refractivity contribution in [2.24, 2.45) is 0 Å². The molecule has 1 fully saturated rings. The summed E-state index contributed by atoms with van der Waals surface area (Å²) >= 11 is 0. The summed E-state index contributed by atoms with van der Waals surface area (Å²) in [6.07, 6.45) is -2.85. The molecule has 1 aliphatic heterocycles. The predicted molar refractivity (Wildman–Crippen MR) is 108 cm³/mol. The Morgan fingerprint density at radius 1 is 1.22 bits per heavy atom. The van der Waals surface area contributed by atoms with Crippen LogP contribution < -0.4 is 4.74 Å². The zero-order chi connectivity index (χ0) is 22.9. The number of pyridine rings is 1. The summed E-state index contributed by atoms with van der Waals surface area (Å²) in [5, 5.41) is 17.0. The lowest BCUT2D eigenvalue weighted by Gasteiger charge is -2.33. The first-order chi connectivity index (χ1) is 15.3. The molecule has 2 unspecified atom stereocenters. The largest absolute Gasteiger partial charge is 0.481 e. The highest BCUT2D eigenvalue weighted by Crippen LogP contribution is 2.31. The molecule has 0 spiro atoms. The van der Waals surface area contributed by atoms with Crippen LogP contribution in [0.5, 0.6) is 5.75 Å². The van der Waals surface area contributed by atoms with E-state index in [1.54, 1.807) is 36.1 Å². The van der Waals surface area contributed by atoms with Crippen LogP contribution >= 0.6 is 0 Å². The number of carbonyl (C=O) groups is 1. The number of fused-ring (bicyclic) bond motifs is 1. The van der Waals surface area contributed by atoms with Crippen LogP contribution in [0, 0.1) is 11.3 Å². The maximum atomic E-state index is 13.1. The van der Waals surface area contributed by atoms with Crippen molar-refractivity contribution >= 4 is 11.6 Å². The van der Waals surface area contributed by atoms with Gasteiger partial charge >= 0.3 is 6.18 Å². The van der Waals surface area contributed by atoms with Gasteiger partial charge < -0.3 is 9.64 Å². The topological polar surface area (TPSA) is 83.5 Å². The Bertz CT molecular complexity index is 1170. The van der Waals surface area contributed by atoms with Crippen molar-refractivity contribution in [3.63, 3.8) is 0 Å². The van der Waals surface area contributed by atoms with Gasteiger partial charge in [0.2, 0.25) is 0 Å². The van der Waals surface area contributed by atoms with E-state index in [0.29, 0.717) is 48.7 Å². The number of piperidine rings is 1. The molecule has 0 bridgehead atoms. The van der Waals surface area contributed by atoms with E-state index in [1.807, 2.05) is 6.07 Å². The van der Waals surface area contributed by atoms with Crippen LogP contribution in [-0.2, 0) is 11.0 Å². The molecule has 3 aromatic rings. The Balaban J connectivity index is 1.49. The minimum atomic E-state index is -4.47. The number of ether oxygens (including phenoxy) is 1. The summed E-state index contributed by atoms with van der Waals surface area (Å²) in [4.78, 5) is 14.6. The minimum Gasteiger partial charge on any atom is -0.481 e. The first-order valence-corrected chi connectivity index (χ1v) is 10.1. The lowest BCUT2D eigenvalue weighted by molar-refractivity contribution is -0.139. The monoisotopic (exact) mass is 443 g/mol. The van der Waals surface area contributed by atoms with Gasteiger partial charge in [0.1, 0.15) is 11.6 Å². The third-order valence-corrected chi connectivity index (χ3v) is 5.50. The molecular formula is C22H20F3N5O2. The van der Waals surface area contributed by atoms with E-state index in [1.165, 1.54) is 10.5 Å². The van der Waals surface area contributed by atoms with E-state index in [9.17, 15) is 18.0 Å². The van der Waals surface area contributed by atoms with E-state index in [-0.39, 0.29) is 11.8 Å². The maximum Gasteiger partial charge on any atom is 0.417 e. The van der Waals surface area contributed by atoms with Crippen LogP contribution in [0.15, 0.2) is 42.6 Å². The SMILES string of the molecule is CC(Oc1ccc(C#N)cc1)C(=O)N1CCCC(c2nnc3ccc(C(F)(F)F)cn23)C1. The number of amides is 1. The molecule has 10 heteroatoms. The van der Waals surface area contributed by atoms with E-state index >= 15 is 0 Å². The summed E-state index contributed by atoms with van der Waals surface area (Å²) in [6.45, 7) is 2.49. The van der Waals surface area contributed by atoms with Gasteiger partial charge in [-0.15, -0.1) is 10.2 Å². The predicted octanol–water partition coefficient (Wildman–Crippen LogP) is 3.79. The lowest BCUT2D eigenvalue weighted by atomic mass is 9.96. The van der Waals surface area contributed by atoms with Gasteiger partial charge in [0.25, 0.3) is 5.91 Å². The van der Waals surface area contributed by atoms with Crippen LogP contribution in [0.2, 0.25) is 0 Å². The second-order valence-electron chi connectivity index (χ2n) is 7.72. The number of halogens is 3. The smallest absolute Gasteiger partial charge is 0.417 e. The number of alkyl halides is 3. The molecule has 32 heavy (non-hydrogen) atoms. The van der Waals surface area contributed by atoms with Crippen molar-refractivity contribution in [1.82, 2.24) is 19.5 Å². The number of nitrogens with zero attached hydrogens (tertiary/aromatic N) is 5. The zero-order valence-corrected chi connectivity index (χ0v) is 17.2. The van der Waals surface area contributed by atoms with Gasteiger partial charge in [-0.05, 0) is 56.2 Å². The summed E-state index contributed by atoms with van der Waals surface area (Å²) in [6, 6.07) is 10.8. The number of nitriles is 1. The van der Waals surface area contributed by atoms with Gasteiger partial charge in [-0.3, -0.25) is 9.20 Å². The first-order valence-electron chi connectivity index (χ1n) is 10.1. The van der Waals surface area contributed by atoms with Crippen molar-refractivity contribution in [3.8, 4) is 11.8 Å². The lowest BCUT2D eigenvalue weighted by Crippen LogP contribution is -2.45. The molecule has 2 atom stereocenters. The molecule has 1 aliphatic rings. The van der Waals surface area contributed by atoms with Gasteiger partial charge in [0.05, 0.1) is 17.2 Å². The Hall–Kier alpha value is -3.61. The second kappa shape index (κ2) is 8.49. The number of rotatable bonds is 4. The third kappa shape index (κ3) is 4.37. The molecular weight excluding hydrogens is 423 g/mol. The fourth-order valence-corrected chi connectivity index (χ4v) is 3.86. The molecule has 0 radical (unpaired) electrons. The Morgan fingerprint density at radius 3 is 2.66 bits per heavy atom. The molecule has 3 heterocycles. The highest BCUT2D eigenvalue weighted by Gasteiger charge is 2.33. The number of hydrogen-bond donors (Lipinski definition) is 0. The fourth-order valence-electron chi connectivity index (χ4n) is 3.86. The van der Waals surface area contributed by atoms with Gasteiger partial charge in [0, 0.05) is 25.2 Å². The van der Waals surface area contributed by atoms with Crippen LogP contribution in [0.3, 0.4) is 0 Å². The van der Waals surface area contributed by atoms with Crippen LogP contribution in [-0.4, -0.2) is 44.6 Å². The Morgan fingerprint density at radius 2 is 1.97 bits per heavy atom. The normalized spacial score (nSPS) is 17.7. The Labute approximate surface area is 182 Å². The van der Waals surface area contributed by atoms with E-state index in [0.717, 1.165) is 12.3 Å². The molecule has 166 valence electrons. The molecule has 1 aromatic carbocycles. The Kier molecular flexibility index (Phi) is 5.74. The third-order valence-electron chi connectivity index (χ3n) is 5.50. The van der Waals surface area contributed by atoms with Crippen molar-refractivity contribution < 1.29 is 22.7 Å². The number of carbonyl (C=O) groups excluding carboxylic acids is 1. The quantitative estimate of drug-likeness (QED) is 0.613. The van der Waals surface area contributed by atoms with Crippen molar-refractivity contribution in [1.29, 1.82) is 5.26 Å². The molecule has 2 aromatic heterocycles. The summed E-state index contributed by atoms with van der Waals surface area (Å²) in [7, 11) is 0. The van der Waals surface area contributed by atoms with Crippen LogP contribution in [0.1, 0.15) is 42.6 Å². The number of hydrogen-bond acceptors (Lipinski definition) is 5. The standard InChI is InChI=1S/C22H20F3N5O2/c1-14(32-18-7-4-15(11-26)5-8-18)21(31)29-10-2-3-16(12-29)20-28-27-19-9-6-17(13-30(19)20)22(23,24)25/h4-9,13-14,16H,2-3,10,12H2,1H3. The molecule has 1 amide bonds. The summed E-state index contributed by atoms with van der Waals surface area (Å²) < 4.78 is 46.5. The van der Waals surface area contributed by atoms with Gasteiger partial charge in [-0.25, -0.2) is 0 Å². The maximum absolute atomic E-state index is 13.1. The average Bonchev–Trinajstić information content (AvgIpc) is 3.22. The van der Waals surface area contributed by atoms with Gasteiger partial charge in [-0.2, -0.15) is 18.4 Å². The molecule has 1 saturated heterocycles. The molecule has 7 nitrogen and oxygen atoms in total. The van der Waals surface area contributed by atoms with Crippen molar-refractivity contribution in [3.05, 3.63) is 59.5 Å². The van der Waals surface area contributed by atoms with E-state index in [4.69, 9.17) is 10.00 Å². The summed E-state index contributed by atoms with van der Waals surface area (Å²) in [5.74, 6) is 0.419. The molecule has 0 N–H and O–H groups in total. The zero-order valence-electron chi connectivity index (χ0n) is 17.2. The highest BCUT2D eigenvalue weighted by molar-refractivity contribution is 5.81. The highest BCUT2D eigenvalue weighted by atomic mass is 19.4. The fraction of sp³-hybridized carbons (Fsp3) is 0.364. The van der Waals surface area contributed by atoms with E-state index in [2.05, 4.69) is 10.2 Å². The second-order valence-corrected chi connectivity index (χ2v) is 7.72. The van der Waals surface area contributed by atoms with E-state index < -0.39 is 17.8 Å². The van der Waals surface area contributed by atoms with Gasteiger partial charge in [-0.1, -0.05) is 0 Å². The summed E-state index contributed by atoms with van der Waals surface area (Å²) in [5.41, 5.74) is 0.0395. The van der Waals surface area contributed by atoms with Crippen LogP contribution in [0.25, 0.3) is 5.65 Å². The number of aromatic nitrogens is 3. The van der Waals surface area contributed by atoms with Crippen molar-refractivity contribution in [2.45, 2.75) is 38.0 Å². The average molecular weight is 443 g/mol. The molecule has 4 rings (SSSR count). The van der Waals surface area contributed by atoms with Crippen molar-refractivity contribution in [2.75, 3.05) is 13.1 Å². The number of likely N-dealkylation sites (tertiary alicyclic amines) is 1.